The number of anilines is 1. The van der Waals surface area contributed by atoms with Crippen molar-refractivity contribution in [1.82, 2.24) is 19.5 Å². The van der Waals surface area contributed by atoms with Crippen molar-refractivity contribution in [1.29, 1.82) is 0 Å². The SMILES string of the molecule is O=C(O)Cn1cc(C(=O)c2cncc(NC(=O)Cc3ccc(Cl)cc3)c2)c2cncnc21.[K]. The molecule has 1 aromatic carbocycles. The van der Waals surface area contributed by atoms with Crippen molar-refractivity contribution < 1.29 is 19.5 Å². The molecule has 0 fully saturated rings. The fourth-order valence-electron chi connectivity index (χ4n) is 3.26. The van der Waals surface area contributed by atoms with E-state index in [-0.39, 0.29) is 81.4 Å². The first-order chi connectivity index (χ1) is 15.4. The van der Waals surface area contributed by atoms with Crippen LogP contribution in [0.1, 0.15) is 21.5 Å². The minimum atomic E-state index is -1.06. The number of carboxylic acid groups (broad SMARTS) is 1. The second-order valence-electron chi connectivity index (χ2n) is 6.97. The molecule has 0 saturated heterocycles. The minimum Gasteiger partial charge on any atom is -0.480 e. The number of amides is 1. The summed E-state index contributed by atoms with van der Waals surface area (Å²) >= 11 is 5.86. The number of ketones is 1. The van der Waals surface area contributed by atoms with E-state index in [0.717, 1.165) is 5.56 Å². The topological polar surface area (TPSA) is 127 Å². The van der Waals surface area contributed by atoms with Gasteiger partial charge in [-0.1, -0.05) is 23.7 Å². The van der Waals surface area contributed by atoms with Gasteiger partial charge in [-0.25, -0.2) is 9.97 Å². The van der Waals surface area contributed by atoms with Crippen LogP contribution in [0.15, 0.2) is 61.4 Å². The Labute approximate surface area is 235 Å². The van der Waals surface area contributed by atoms with Crippen LogP contribution in [0.25, 0.3) is 11.0 Å². The number of fused-ring (bicyclic) bond motifs is 1. The zero-order valence-electron chi connectivity index (χ0n) is 17.5. The third-order valence-corrected chi connectivity index (χ3v) is 4.90. The molecular formula is C22H16ClKN5O4. The first-order valence-corrected chi connectivity index (χ1v) is 9.83. The summed E-state index contributed by atoms with van der Waals surface area (Å²) in [6.07, 6.45) is 7.12. The van der Waals surface area contributed by atoms with E-state index in [1.54, 1.807) is 24.3 Å². The summed E-state index contributed by atoms with van der Waals surface area (Å²) < 4.78 is 1.37. The Bertz CT molecular complexity index is 1340. The Hall–Kier alpha value is -2.47. The molecule has 0 spiro atoms. The Kier molecular flexibility index (Phi) is 8.46. The molecular weight excluding hydrogens is 473 g/mol. The molecule has 3 heterocycles. The average Bonchev–Trinajstić information content (AvgIpc) is 3.13. The zero-order chi connectivity index (χ0) is 22.7. The van der Waals surface area contributed by atoms with Crippen LogP contribution in [-0.2, 0) is 22.6 Å². The van der Waals surface area contributed by atoms with E-state index in [9.17, 15) is 14.4 Å². The Balaban J connectivity index is 0.00000306. The molecule has 0 atom stereocenters. The quantitative estimate of drug-likeness (QED) is 0.302. The van der Waals surface area contributed by atoms with Crippen molar-refractivity contribution in [2.24, 2.45) is 0 Å². The van der Waals surface area contributed by atoms with Gasteiger partial charge in [0.25, 0.3) is 0 Å². The monoisotopic (exact) mass is 488 g/mol. The zero-order valence-corrected chi connectivity index (χ0v) is 21.4. The largest absolute Gasteiger partial charge is 0.480 e. The van der Waals surface area contributed by atoms with E-state index < -0.39 is 11.8 Å². The van der Waals surface area contributed by atoms with E-state index in [1.807, 2.05) is 0 Å². The van der Waals surface area contributed by atoms with Crippen molar-refractivity contribution in [2.45, 2.75) is 13.0 Å². The summed E-state index contributed by atoms with van der Waals surface area (Å²) in [6, 6.07) is 8.44. The summed E-state index contributed by atoms with van der Waals surface area (Å²) in [7, 11) is 0. The molecule has 4 aromatic rings. The van der Waals surface area contributed by atoms with Crippen molar-refractivity contribution in [2.75, 3.05) is 5.32 Å². The molecule has 9 nitrogen and oxygen atoms in total. The molecule has 161 valence electrons. The van der Waals surface area contributed by atoms with Gasteiger partial charge >= 0.3 is 5.97 Å². The van der Waals surface area contributed by atoms with E-state index in [1.165, 1.54) is 41.7 Å². The van der Waals surface area contributed by atoms with Gasteiger partial charge < -0.3 is 15.0 Å². The normalized spacial score (nSPS) is 10.5. The summed E-state index contributed by atoms with van der Waals surface area (Å²) in [4.78, 5) is 48.7. The van der Waals surface area contributed by atoms with Gasteiger partial charge in [-0.05, 0) is 23.8 Å². The maximum atomic E-state index is 13.1. The van der Waals surface area contributed by atoms with Crippen LogP contribution < -0.4 is 5.32 Å². The third-order valence-electron chi connectivity index (χ3n) is 4.65. The smallest absolute Gasteiger partial charge is 0.323 e. The van der Waals surface area contributed by atoms with Crippen LogP contribution in [0.5, 0.6) is 0 Å². The van der Waals surface area contributed by atoms with E-state index in [2.05, 4.69) is 20.3 Å². The molecule has 0 aliphatic rings. The molecule has 33 heavy (non-hydrogen) atoms. The van der Waals surface area contributed by atoms with E-state index in [4.69, 9.17) is 16.7 Å². The summed E-state index contributed by atoms with van der Waals surface area (Å²) in [6.45, 7) is -0.347. The average molecular weight is 489 g/mol. The molecule has 2 N–H and O–H groups in total. The molecule has 11 heteroatoms. The van der Waals surface area contributed by atoms with Crippen molar-refractivity contribution in [3.63, 3.8) is 0 Å². The van der Waals surface area contributed by atoms with Gasteiger partial charge in [0.05, 0.1) is 23.9 Å². The van der Waals surface area contributed by atoms with E-state index >= 15 is 0 Å². The number of hydrogen-bond acceptors (Lipinski definition) is 6. The number of halogens is 1. The van der Waals surface area contributed by atoms with Crippen molar-refractivity contribution in [3.05, 3.63) is 83.2 Å². The van der Waals surface area contributed by atoms with Crippen LogP contribution in [0.4, 0.5) is 5.69 Å². The molecule has 3 aromatic heterocycles. The first-order valence-electron chi connectivity index (χ1n) is 9.45. The van der Waals surface area contributed by atoms with Gasteiger partial charge in [0, 0.05) is 85.9 Å². The number of pyridine rings is 1. The number of aliphatic carboxylic acids is 1. The Morgan fingerprint density at radius 2 is 1.82 bits per heavy atom. The Morgan fingerprint density at radius 1 is 1.06 bits per heavy atom. The number of carboxylic acids is 1. The van der Waals surface area contributed by atoms with E-state index in [0.29, 0.717) is 21.7 Å². The van der Waals surface area contributed by atoms with Gasteiger partial charge in [-0.3, -0.25) is 19.4 Å². The molecule has 0 aliphatic heterocycles. The number of aromatic nitrogens is 4. The summed E-state index contributed by atoms with van der Waals surface area (Å²) in [5.41, 5.74) is 1.96. The predicted molar refractivity (Wildman–Crippen MR) is 122 cm³/mol. The van der Waals surface area contributed by atoms with Crippen molar-refractivity contribution in [3.8, 4) is 0 Å². The van der Waals surface area contributed by atoms with Gasteiger partial charge in [0.2, 0.25) is 5.91 Å². The molecule has 0 bridgehead atoms. The van der Waals surface area contributed by atoms with Crippen LogP contribution >= 0.6 is 11.6 Å². The number of nitrogens with zero attached hydrogens (tertiary/aromatic N) is 4. The second kappa shape index (κ2) is 11.1. The van der Waals surface area contributed by atoms with Crippen LogP contribution in [0, 0.1) is 0 Å². The number of nitrogens with one attached hydrogen (secondary N) is 1. The third kappa shape index (κ3) is 6.11. The number of carbonyl (C=O) groups is 3. The van der Waals surface area contributed by atoms with Gasteiger partial charge in [-0.2, -0.15) is 0 Å². The van der Waals surface area contributed by atoms with Gasteiger partial charge in [0.15, 0.2) is 5.78 Å². The number of rotatable bonds is 7. The summed E-state index contributed by atoms with van der Waals surface area (Å²) in [5, 5.41) is 12.9. The van der Waals surface area contributed by atoms with Crippen LogP contribution in [0.3, 0.4) is 0 Å². The molecule has 0 aliphatic carbocycles. The number of benzene rings is 1. The maximum Gasteiger partial charge on any atom is 0.323 e. The fraction of sp³-hybridized carbons (Fsp3) is 0.0909. The van der Waals surface area contributed by atoms with Crippen molar-refractivity contribution >= 4 is 97.4 Å². The Morgan fingerprint density at radius 3 is 2.55 bits per heavy atom. The maximum absolute atomic E-state index is 13.1. The second-order valence-corrected chi connectivity index (χ2v) is 7.40. The molecule has 0 unspecified atom stereocenters. The van der Waals surface area contributed by atoms with Crippen LogP contribution in [-0.4, -0.2) is 93.7 Å². The van der Waals surface area contributed by atoms with Gasteiger partial charge in [0.1, 0.15) is 18.5 Å². The van der Waals surface area contributed by atoms with Gasteiger partial charge in [-0.15, -0.1) is 0 Å². The first kappa shape index (κ1) is 25.2. The van der Waals surface area contributed by atoms with Crippen LogP contribution in [0.2, 0.25) is 5.02 Å². The summed E-state index contributed by atoms with van der Waals surface area (Å²) in [5.74, 6) is -1.73. The standard InChI is InChI=1S/C22H16ClN5O4.K/c23-15-3-1-13(2-4-15)5-19(29)27-16-6-14(7-24-8-16)21(32)18-10-28(11-20(30)31)22-17(18)9-25-12-26-22;/h1-4,6-10,12H,5,11H2,(H,27,29)(H,30,31);. The molecule has 1 radical (unpaired) electrons. The fourth-order valence-corrected chi connectivity index (χ4v) is 3.38. The molecule has 4 rings (SSSR count). The minimum absolute atomic E-state index is 0. The molecule has 0 saturated carbocycles. The number of carbonyl (C=O) groups excluding carboxylic acids is 2. The molecule has 1 amide bonds. The number of hydrogen-bond donors (Lipinski definition) is 2. The predicted octanol–water partition coefficient (Wildman–Crippen LogP) is 2.60.